The maximum atomic E-state index is 5.01. The van der Waals surface area contributed by atoms with E-state index in [-0.39, 0.29) is 0 Å². The lowest BCUT2D eigenvalue weighted by Crippen LogP contribution is -2.09. The molecule has 0 saturated carbocycles. The quantitative estimate of drug-likeness (QED) is 0.158. The molecule has 15 aromatic rings. The van der Waals surface area contributed by atoms with Gasteiger partial charge in [-0.15, -0.1) is 0 Å². The first kappa shape index (κ1) is 37.3. The van der Waals surface area contributed by atoms with Crippen LogP contribution in [0.15, 0.2) is 212 Å². The van der Waals surface area contributed by atoms with E-state index in [9.17, 15) is 0 Å². The van der Waals surface area contributed by atoms with Gasteiger partial charge in [0.15, 0.2) is 0 Å². The van der Waals surface area contributed by atoms with Crippen LogP contribution in [-0.2, 0) is 6.42 Å². The Kier molecular flexibility index (Phi) is 7.48. The van der Waals surface area contributed by atoms with E-state index in [0.717, 1.165) is 29.4 Å². The molecule has 0 fully saturated rings. The van der Waals surface area contributed by atoms with Gasteiger partial charge in [0.1, 0.15) is 0 Å². The summed E-state index contributed by atoms with van der Waals surface area (Å²) in [5, 5.41) is 20.9. The largest absolute Gasteiger partial charge is 0.308 e. The number of rotatable bonds is 5. The van der Waals surface area contributed by atoms with E-state index >= 15 is 0 Å². The molecule has 2 nitrogen and oxygen atoms in total. The van der Waals surface area contributed by atoms with Crippen molar-refractivity contribution < 1.29 is 0 Å². The Bertz CT molecular complexity index is 4610. The van der Waals surface area contributed by atoms with Gasteiger partial charge >= 0.3 is 0 Å². The average Bonchev–Trinajstić information content (AvgIpc) is 3.75. The first-order valence-electron chi connectivity index (χ1n) is 24.2. The third kappa shape index (κ3) is 5.46. The topological polar surface area (TPSA) is 17.8 Å². The highest BCUT2D eigenvalue weighted by Gasteiger charge is 2.21. The number of hydrogen-bond donors (Lipinski definition) is 0. The molecule has 2 heteroatoms. The Hall–Kier alpha value is -8.85. The SMILES string of the molecule is C1=c2ccc3cc(-c4ccc(-c5cc6ccc7cc(-c8ccc(-c9cc%10ccc%11cccc%12ccc(c9)c%10c%11%12)cc8)cc8c7c6c(c5)n8-c5cnc6ccccc6c5)cc4)cc4ccc(c2c43)CC1. The second-order valence-electron chi connectivity index (χ2n) is 19.4. The number of fused-ring (bicyclic) bond motifs is 1. The highest BCUT2D eigenvalue weighted by Crippen LogP contribution is 2.45. The summed E-state index contributed by atoms with van der Waals surface area (Å²) in [6.07, 6.45) is 6.69. The molecule has 0 N–H and O–H groups in total. The number of para-hydroxylation sites is 1. The maximum absolute atomic E-state index is 5.01. The van der Waals surface area contributed by atoms with Crippen molar-refractivity contribution >= 4 is 103 Å². The molecule has 1 aliphatic rings. The van der Waals surface area contributed by atoms with Crippen molar-refractivity contribution in [2.45, 2.75) is 12.8 Å². The van der Waals surface area contributed by atoms with Crippen molar-refractivity contribution in [2.24, 2.45) is 0 Å². The van der Waals surface area contributed by atoms with E-state index in [1.165, 1.54) is 142 Å². The summed E-state index contributed by atoms with van der Waals surface area (Å²) < 4.78 is 2.45. The van der Waals surface area contributed by atoms with E-state index < -0.39 is 0 Å². The highest BCUT2D eigenvalue weighted by atomic mass is 15.0. The molecular weight excluding hydrogens is 833 g/mol. The van der Waals surface area contributed by atoms with E-state index in [4.69, 9.17) is 4.98 Å². The smallest absolute Gasteiger partial charge is 0.0703 e. The third-order valence-corrected chi connectivity index (χ3v) is 15.6. The summed E-state index contributed by atoms with van der Waals surface area (Å²) in [7, 11) is 0. The molecule has 13 aromatic carbocycles. The second kappa shape index (κ2) is 13.9. The van der Waals surface area contributed by atoms with Crippen molar-refractivity contribution in [1.82, 2.24) is 9.55 Å². The van der Waals surface area contributed by atoms with Gasteiger partial charge in [-0.2, -0.15) is 0 Å². The van der Waals surface area contributed by atoms with Gasteiger partial charge in [-0.25, -0.2) is 0 Å². The first-order valence-corrected chi connectivity index (χ1v) is 24.2. The van der Waals surface area contributed by atoms with Gasteiger partial charge < -0.3 is 4.57 Å². The van der Waals surface area contributed by atoms with Crippen LogP contribution in [-0.4, -0.2) is 9.55 Å². The Morgan fingerprint density at radius 3 is 1.32 bits per heavy atom. The summed E-state index contributed by atoms with van der Waals surface area (Å²) in [6, 6.07) is 77.7. The van der Waals surface area contributed by atoms with E-state index in [1.54, 1.807) is 0 Å². The second-order valence-corrected chi connectivity index (χ2v) is 19.4. The monoisotopic (exact) mass is 872 g/mol. The van der Waals surface area contributed by atoms with Crippen LogP contribution in [0.2, 0.25) is 0 Å². The summed E-state index contributed by atoms with van der Waals surface area (Å²) in [5.74, 6) is 0. The Morgan fingerprint density at radius 1 is 0.319 bits per heavy atom. The van der Waals surface area contributed by atoms with Gasteiger partial charge in [0.25, 0.3) is 0 Å². The highest BCUT2D eigenvalue weighted by molar-refractivity contribution is 6.26. The minimum atomic E-state index is 0.994. The molecule has 0 bridgehead atoms. The molecule has 16 rings (SSSR count). The summed E-state index contributed by atoms with van der Waals surface area (Å²) in [6.45, 7) is 0. The number of aromatic nitrogens is 2. The normalized spacial score (nSPS) is 12.9. The van der Waals surface area contributed by atoms with Crippen LogP contribution in [0.1, 0.15) is 12.0 Å². The van der Waals surface area contributed by atoms with E-state index in [2.05, 4.69) is 217 Å². The first-order chi connectivity index (χ1) is 34.1. The van der Waals surface area contributed by atoms with E-state index in [0.29, 0.717) is 0 Å². The lowest BCUT2D eigenvalue weighted by atomic mass is 9.88. The molecule has 318 valence electrons. The lowest BCUT2D eigenvalue weighted by molar-refractivity contribution is 1.04. The fourth-order valence-corrected chi connectivity index (χ4v) is 12.4. The predicted octanol–water partition coefficient (Wildman–Crippen LogP) is 17.2. The molecule has 0 radical (unpaired) electrons. The molecule has 2 heterocycles. The number of nitrogens with zero attached hydrogens (tertiary/aromatic N) is 2. The summed E-state index contributed by atoms with van der Waals surface area (Å²) >= 11 is 0. The molecule has 0 spiro atoms. The molecular formula is C67H40N2. The van der Waals surface area contributed by atoms with Crippen LogP contribution in [0.4, 0.5) is 0 Å². The number of aryl methyl sites for hydroxylation is 1. The Morgan fingerprint density at radius 2 is 0.754 bits per heavy atom. The number of hydrogen-bond acceptors (Lipinski definition) is 1. The molecule has 0 aliphatic heterocycles. The number of benzene rings is 13. The molecule has 0 saturated heterocycles. The van der Waals surface area contributed by atoms with Crippen LogP contribution < -0.4 is 5.22 Å². The number of pyridine rings is 1. The van der Waals surface area contributed by atoms with Crippen molar-refractivity contribution in [3.05, 3.63) is 223 Å². The van der Waals surface area contributed by atoms with E-state index in [1.807, 2.05) is 6.20 Å². The zero-order valence-electron chi connectivity index (χ0n) is 37.6. The van der Waals surface area contributed by atoms with Crippen LogP contribution in [0.25, 0.3) is 154 Å². The average molecular weight is 873 g/mol. The fraction of sp³-hybridized carbons (Fsp3) is 0.0299. The summed E-state index contributed by atoms with van der Waals surface area (Å²) in [5.41, 5.74) is 15.6. The minimum Gasteiger partial charge on any atom is -0.308 e. The predicted molar refractivity (Wildman–Crippen MR) is 293 cm³/mol. The zero-order chi connectivity index (χ0) is 44.9. The van der Waals surface area contributed by atoms with Gasteiger partial charge in [-0.3, -0.25) is 4.98 Å². The van der Waals surface area contributed by atoms with Crippen LogP contribution >= 0.6 is 0 Å². The Labute approximate surface area is 397 Å². The van der Waals surface area contributed by atoms with Crippen molar-refractivity contribution in [3.63, 3.8) is 0 Å². The van der Waals surface area contributed by atoms with Crippen LogP contribution in [0.5, 0.6) is 0 Å². The molecule has 1 aliphatic carbocycles. The molecule has 0 atom stereocenters. The molecule has 0 unspecified atom stereocenters. The van der Waals surface area contributed by atoms with Gasteiger partial charge in [-0.05, 0) is 193 Å². The standard InChI is InChI=1S/C67H40N2/c1-2-10-59-47(5-1)35-58(38-68-59)69-60-36-56(41-15-11-39(12-16-41)54-29-48-23-19-43-6-3-7-44-20-24-49(30-54)64(48)62(43)44)33-52-27-28-53-34-57(37-61(69)67(53)66(52)60)42-17-13-40(14-18-42)55-31-50-25-21-45-8-4-9-46-22-26-51(32-55)65(50)63(45)46/h1-3,5-8,10-38H,4,9H2. The van der Waals surface area contributed by atoms with Crippen LogP contribution in [0, 0.1) is 0 Å². The maximum Gasteiger partial charge on any atom is 0.0703 e. The van der Waals surface area contributed by atoms with Gasteiger partial charge in [-0.1, -0.05) is 152 Å². The van der Waals surface area contributed by atoms with Crippen molar-refractivity contribution in [3.8, 4) is 50.2 Å². The van der Waals surface area contributed by atoms with Gasteiger partial charge in [0.05, 0.1) is 28.4 Å². The lowest BCUT2D eigenvalue weighted by Gasteiger charge is -2.16. The van der Waals surface area contributed by atoms with Gasteiger partial charge in [0, 0.05) is 16.2 Å². The van der Waals surface area contributed by atoms with Crippen molar-refractivity contribution in [1.29, 1.82) is 0 Å². The zero-order valence-corrected chi connectivity index (χ0v) is 37.6. The van der Waals surface area contributed by atoms with Gasteiger partial charge in [0.2, 0.25) is 0 Å². The van der Waals surface area contributed by atoms with Crippen LogP contribution in [0.3, 0.4) is 0 Å². The molecule has 69 heavy (non-hydrogen) atoms. The Balaban J connectivity index is 0.822. The van der Waals surface area contributed by atoms with Crippen molar-refractivity contribution in [2.75, 3.05) is 0 Å². The fourth-order valence-electron chi connectivity index (χ4n) is 12.4. The summed E-state index contributed by atoms with van der Waals surface area (Å²) in [4.78, 5) is 5.01. The third-order valence-electron chi connectivity index (χ3n) is 15.6. The minimum absolute atomic E-state index is 0.994. The molecule has 0 amide bonds. The molecule has 2 aromatic heterocycles.